The van der Waals surface area contributed by atoms with Gasteiger partial charge in [-0.1, -0.05) is 11.6 Å². The highest BCUT2D eigenvalue weighted by Crippen LogP contribution is 2.27. The first kappa shape index (κ1) is 13.9. The number of nitrogens with two attached hydrogens (primary N) is 1. The fraction of sp³-hybridized carbons (Fsp3) is 0.364. The predicted molar refractivity (Wildman–Crippen MR) is 60.9 cm³/mol. The highest BCUT2D eigenvalue weighted by molar-refractivity contribution is 6.31. The molecule has 2 unspecified atom stereocenters. The second-order valence-corrected chi connectivity index (χ2v) is 4.21. The van der Waals surface area contributed by atoms with Crippen molar-refractivity contribution >= 4 is 17.5 Å². The van der Waals surface area contributed by atoms with E-state index >= 15 is 0 Å². The van der Waals surface area contributed by atoms with Gasteiger partial charge in [0, 0.05) is 10.6 Å². The topological polar surface area (TPSA) is 83.6 Å². The van der Waals surface area contributed by atoms with Crippen LogP contribution in [0.3, 0.4) is 0 Å². The number of aliphatic hydroxyl groups is 2. The Hall–Kier alpha value is -1.17. The summed E-state index contributed by atoms with van der Waals surface area (Å²) in [6, 6.07) is 2.37. The molecule has 0 aliphatic carbocycles. The molecule has 1 amide bonds. The number of benzene rings is 1. The maximum atomic E-state index is 13.5. The molecule has 0 radical (unpaired) electrons. The maximum absolute atomic E-state index is 13.5. The molecule has 0 aromatic heterocycles. The first-order valence-corrected chi connectivity index (χ1v) is 5.30. The van der Waals surface area contributed by atoms with Crippen molar-refractivity contribution < 1.29 is 19.4 Å². The van der Waals surface area contributed by atoms with E-state index in [2.05, 4.69) is 0 Å². The van der Waals surface area contributed by atoms with Crippen LogP contribution < -0.4 is 5.73 Å². The minimum absolute atomic E-state index is 0.111. The lowest BCUT2D eigenvalue weighted by Crippen LogP contribution is -2.26. The van der Waals surface area contributed by atoms with E-state index in [0.29, 0.717) is 5.56 Å². The van der Waals surface area contributed by atoms with Gasteiger partial charge in [-0.3, -0.25) is 4.79 Å². The Labute approximate surface area is 103 Å². The molecule has 0 saturated heterocycles. The molecule has 1 rings (SSSR count). The number of carbonyl (C=O) groups is 1. The van der Waals surface area contributed by atoms with Crippen molar-refractivity contribution in [2.24, 2.45) is 5.73 Å². The van der Waals surface area contributed by atoms with E-state index in [0.717, 1.165) is 6.07 Å². The van der Waals surface area contributed by atoms with Crippen molar-refractivity contribution in [1.29, 1.82) is 0 Å². The first-order valence-electron chi connectivity index (χ1n) is 4.93. The zero-order valence-electron chi connectivity index (χ0n) is 9.15. The van der Waals surface area contributed by atoms with Gasteiger partial charge in [-0.25, -0.2) is 4.39 Å². The molecule has 0 aliphatic heterocycles. The average molecular weight is 262 g/mol. The summed E-state index contributed by atoms with van der Waals surface area (Å²) in [5.41, 5.74) is 5.33. The van der Waals surface area contributed by atoms with Gasteiger partial charge in [0.1, 0.15) is 11.9 Å². The van der Waals surface area contributed by atoms with Crippen molar-refractivity contribution in [3.63, 3.8) is 0 Å². The van der Waals surface area contributed by atoms with Crippen LogP contribution in [-0.4, -0.2) is 22.2 Å². The summed E-state index contributed by atoms with van der Waals surface area (Å²) in [5.74, 6) is -1.51. The SMILES string of the molecule is Cc1cc(C(O)C(O)CC(N)=O)c(F)cc1Cl. The summed E-state index contributed by atoms with van der Waals surface area (Å²) in [4.78, 5) is 10.6. The van der Waals surface area contributed by atoms with Gasteiger partial charge in [0.2, 0.25) is 5.91 Å². The Morgan fingerprint density at radius 1 is 1.53 bits per heavy atom. The molecule has 0 fully saturated rings. The van der Waals surface area contributed by atoms with Gasteiger partial charge in [-0.15, -0.1) is 0 Å². The third-order valence-corrected chi connectivity index (χ3v) is 2.78. The fourth-order valence-corrected chi connectivity index (χ4v) is 1.58. The number of carbonyl (C=O) groups excluding carboxylic acids is 1. The molecule has 2 atom stereocenters. The molecule has 0 aliphatic rings. The third kappa shape index (κ3) is 3.39. The standard InChI is InChI=1S/C11H13ClFNO3/c1-5-2-6(8(13)3-7(5)12)11(17)9(15)4-10(14)16/h2-3,9,11,15,17H,4H2,1H3,(H2,14,16). The van der Waals surface area contributed by atoms with E-state index < -0.39 is 30.4 Å². The number of aliphatic hydroxyl groups excluding tert-OH is 2. The van der Waals surface area contributed by atoms with Gasteiger partial charge in [0.15, 0.2) is 0 Å². The zero-order valence-corrected chi connectivity index (χ0v) is 9.91. The Bertz CT molecular complexity index is 439. The summed E-state index contributed by atoms with van der Waals surface area (Å²) in [6.45, 7) is 1.64. The van der Waals surface area contributed by atoms with Gasteiger partial charge in [0.05, 0.1) is 12.5 Å². The summed E-state index contributed by atoms with van der Waals surface area (Å²) >= 11 is 5.70. The van der Waals surface area contributed by atoms with Gasteiger partial charge in [-0.05, 0) is 24.6 Å². The molecule has 94 valence electrons. The second kappa shape index (κ2) is 5.44. The van der Waals surface area contributed by atoms with Crippen molar-refractivity contribution in [2.75, 3.05) is 0 Å². The summed E-state index contributed by atoms with van der Waals surface area (Å²) in [5, 5.41) is 19.4. The fourth-order valence-electron chi connectivity index (χ4n) is 1.43. The molecule has 0 bridgehead atoms. The number of aryl methyl sites for hydroxylation is 1. The van der Waals surface area contributed by atoms with E-state index in [9.17, 15) is 19.4 Å². The summed E-state index contributed by atoms with van der Waals surface area (Å²) in [6.07, 6.45) is -3.40. The predicted octanol–water partition coefficient (Wildman–Crippen LogP) is 1.06. The summed E-state index contributed by atoms with van der Waals surface area (Å²) in [7, 11) is 0. The number of hydrogen-bond acceptors (Lipinski definition) is 3. The van der Waals surface area contributed by atoms with Gasteiger partial charge >= 0.3 is 0 Å². The third-order valence-electron chi connectivity index (χ3n) is 2.37. The van der Waals surface area contributed by atoms with Crippen molar-refractivity contribution in [3.8, 4) is 0 Å². The molecule has 6 heteroatoms. The molecule has 0 heterocycles. The lowest BCUT2D eigenvalue weighted by Gasteiger charge is -2.18. The van der Waals surface area contributed by atoms with Crippen LogP contribution in [0.15, 0.2) is 12.1 Å². The van der Waals surface area contributed by atoms with Crippen molar-refractivity contribution in [3.05, 3.63) is 34.1 Å². The van der Waals surface area contributed by atoms with Crippen molar-refractivity contribution in [1.82, 2.24) is 0 Å². The van der Waals surface area contributed by atoms with Crippen LogP contribution in [0.5, 0.6) is 0 Å². The van der Waals surface area contributed by atoms with Crippen LogP contribution in [0, 0.1) is 12.7 Å². The highest BCUT2D eigenvalue weighted by atomic mass is 35.5. The lowest BCUT2D eigenvalue weighted by atomic mass is 9.99. The molecule has 4 nitrogen and oxygen atoms in total. The van der Waals surface area contributed by atoms with Gasteiger partial charge < -0.3 is 15.9 Å². The van der Waals surface area contributed by atoms with E-state index in [1.807, 2.05) is 0 Å². The quantitative estimate of drug-likeness (QED) is 0.758. The Balaban J connectivity index is 2.99. The highest BCUT2D eigenvalue weighted by Gasteiger charge is 2.23. The van der Waals surface area contributed by atoms with Crippen LogP contribution in [-0.2, 0) is 4.79 Å². The molecule has 4 N–H and O–H groups in total. The molecule has 1 aromatic rings. The van der Waals surface area contributed by atoms with Crippen LogP contribution in [0.1, 0.15) is 23.7 Å². The normalized spacial score (nSPS) is 14.4. The van der Waals surface area contributed by atoms with E-state index in [1.54, 1.807) is 6.92 Å². The first-order chi connectivity index (χ1) is 7.82. The summed E-state index contributed by atoms with van der Waals surface area (Å²) < 4.78 is 13.5. The Morgan fingerprint density at radius 3 is 2.65 bits per heavy atom. The Morgan fingerprint density at radius 2 is 2.12 bits per heavy atom. The molecule has 1 aromatic carbocycles. The number of primary amides is 1. The van der Waals surface area contributed by atoms with E-state index in [1.165, 1.54) is 6.07 Å². The number of halogens is 2. The van der Waals surface area contributed by atoms with Crippen LogP contribution in [0.4, 0.5) is 4.39 Å². The molecular formula is C11H13ClFNO3. The van der Waals surface area contributed by atoms with E-state index in [4.69, 9.17) is 17.3 Å². The number of rotatable bonds is 4. The molecule has 0 spiro atoms. The van der Waals surface area contributed by atoms with Crippen molar-refractivity contribution in [2.45, 2.75) is 25.6 Å². The number of amides is 1. The maximum Gasteiger partial charge on any atom is 0.220 e. The molecule has 0 saturated carbocycles. The minimum atomic E-state index is -1.52. The van der Waals surface area contributed by atoms with E-state index in [-0.39, 0.29) is 10.6 Å². The monoisotopic (exact) mass is 261 g/mol. The van der Waals surface area contributed by atoms with Crippen LogP contribution in [0.25, 0.3) is 0 Å². The molecule has 17 heavy (non-hydrogen) atoms. The van der Waals surface area contributed by atoms with Crippen LogP contribution >= 0.6 is 11.6 Å². The Kier molecular flexibility index (Phi) is 4.45. The average Bonchev–Trinajstić information content (AvgIpc) is 2.21. The minimum Gasteiger partial charge on any atom is -0.390 e. The lowest BCUT2D eigenvalue weighted by molar-refractivity contribution is -0.121. The second-order valence-electron chi connectivity index (χ2n) is 3.81. The zero-order chi connectivity index (χ0) is 13.2. The van der Waals surface area contributed by atoms with Gasteiger partial charge in [-0.2, -0.15) is 0 Å². The van der Waals surface area contributed by atoms with Crippen LogP contribution in [0.2, 0.25) is 5.02 Å². The van der Waals surface area contributed by atoms with Gasteiger partial charge in [0.25, 0.3) is 0 Å². The largest absolute Gasteiger partial charge is 0.390 e. The molecular weight excluding hydrogens is 249 g/mol. The smallest absolute Gasteiger partial charge is 0.220 e. The number of hydrogen-bond donors (Lipinski definition) is 3.